The van der Waals surface area contributed by atoms with Crippen LogP contribution in [0.2, 0.25) is 10.0 Å². The van der Waals surface area contributed by atoms with Crippen molar-refractivity contribution in [3.8, 4) is 0 Å². The lowest BCUT2D eigenvalue weighted by Crippen LogP contribution is -2.51. The lowest BCUT2D eigenvalue weighted by molar-refractivity contribution is -0.166. The number of ether oxygens (including phenoxy) is 1. The van der Waals surface area contributed by atoms with Crippen LogP contribution < -0.4 is 0 Å². The third-order valence-electron chi connectivity index (χ3n) is 3.50. The summed E-state index contributed by atoms with van der Waals surface area (Å²) in [4.78, 5) is 24.8. The molecule has 1 amide bonds. The third kappa shape index (κ3) is 4.35. The highest BCUT2D eigenvalue weighted by Crippen LogP contribution is 2.23. The zero-order chi connectivity index (χ0) is 16.3. The van der Waals surface area contributed by atoms with Crippen molar-refractivity contribution in [3.05, 3.63) is 33.8 Å². The lowest BCUT2D eigenvalue weighted by atomic mass is 10.1. The molecule has 1 aliphatic heterocycles. The number of benzene rings is 1. The van der Waals surface area contributed by atoms with Crippen molar-refractivity contribution in [2.75, 3.05) is 13.1 Å². The molecular weight excluding hydrogens is 329 g/mol. The average Bonchev–Trinajstić information content (AvgIpc) is 2.47. The molecule has 1 aliphatic rings. The standard InChI is InChI=1S/C15H17Cl2NO4/c1-9-7-18(8-13(22-9)15(20)21)14(19)5-3-10-2-4-11(16)12(17)6-10/h2,4,6,9,13H,3,5,7-8H2,1H3,(H,20,21)/t9-,13?/m1/s1. The van der Waals surface area contributed by atoms with Gasteiger partial charge in [0, 0.05) is 13.0 Å². The highest BCUT2D eigenvalue weighted by Gasteiger charge is 2.32. The molecular formula is C15H17Cl2NO4. The van der Waals surface area contributed by atoms with Gasteiger partial charge in [0.15, 0.2) is 6.10 Å². The van der Waals surface area contributed by atoms with Gasteiger partial charge in [-0.1, -0.05) is 29.3 Å². The summed E-state index contributed by atoms with van der Waals surface area (Å²) in [5.74, 6) is -1.14. The number of aliphatic carboxylic acids is 1. The van der Waals surface area contributed by atoms with E-state index in [4.69, 9.17) is 33.0 Å². The molecule has 0 radical (unpaired) electrons. The van der Waals surface area contributed by atoms with Gasteiger partial charge < -0.3 is 14.7 Å². The van der Waals surface area contributed by atoms with Crippen LogP contribution in [0.1, 0.15) is 18.9 Å². The van der Waals surface area contributed by atoms with Crippen LogP contribution in [0.15, 0.2) is 18.2 Å². The van der Waals surface area contributed by atoms with E-state index in [0.717, 1.165) is 5.56 Å². The first-order chi connectivity index (χ1) is 10.4. The van der Waals surface area contributed by atoms with E-state index in [1.165, 1.54) is 0 Å². The van der Waals surface area contributed by atoms with E-state index in [1.807, 2.05) is 6.07 Å². The Kier molecular flexibility index (Phi) is 5.67. The van der Waals surface area contributed by atoms with Gasteiger partial charge in [0.05, 0.1) is 22.7 Å². The number of morpholine rings is 1. The SMILES string of the molecule is C[C@@H]1CN(C(=O)CCc2ccc(Cl)c(Cl)c2)CC(C(=O)O)O1. The van der Waals surface area contributed by atoms with Gasteiger partial charge in [-0.25, -0.2) is 4.79 Å². The van der Waals surface area contributed by atoms with Gasteiger partial charge in [-0.05, 0) is 31.0 Å². The number of aryl methyl sites for hydroxylation is 1. The summed E-state index contributed by atoms with van der Waals surface area (Å²) in [7, 11) is 0. The minimum Gasteiger partial charge on any atom is -0.479 e. The molecule has 0 spiro atoms. The lowest BCUT2D eigenvalue weighted by Gasteiger charge is -2.35. The molecule has 1 aromatic rings. The molecule has 2 rings (SSSR count). The normalized spacial score (nSPS) is 21.7. The molecule has 1 unspecified atom stereocenters. The number of hydrogen-bond acceptors (Lipinski definition) is 3. The van der Waals surface area contributed by atoms with Gasteiger partial charge in [0.1, 0.15) is 0 Å². The highest BCUT2D eigenvalue weighted by molar-refractivity contribution is 6.42. The maximum atomic E-state index is 12.3. The number of carbonyl (C=O) groups is 2. The molecule has 7 heteroatoms. The Morgan fingerprint density at radius 2 is 2.05 bits per heavy atom. The van der Waals surface area contributed by atoms with Crippen molar-refractivity contribution in [3.63, 3.8) is 0 Å². The predicted molar refractivity (Wildman–Crippen MR) is 83.3 cm³/mol. The van der Waals surface area contributed by atoms with Gasteiger partial charge in [0.25, 0.3) is 0 Å². The fourth-order valence-electron chi connectivity index (χ4n) is 2.40. The first-order valence-corrected chi connectivity index (χ1v) is 7.72. The van der Waals surface area contributed by atoms with E-state index in [1.54, 1.807) is 24.0 Å². The second-order valence-corrected chi connectivity index (χ2v) is 6.14. The van der Waals surface area contributed by atoms with Gasteiger partial charge >= 0.3 is 5.97 Å². The van der Waals surface area contributed by atoms with Gasteiger partial charge in [-0.15, -0.1) is 0 Å². The number of hydrogen-bond donors (Lipinski definition) is 1. The zero-order valence-electron chi connectivity index (χ0n) is 12.1. The van der Waals surface area contributed by atoms with Crippen LogP contribution in [0.3, 0.4) is 0 Å². The van der Waals surface area contributed by atoms with Crippen LogP contribution in [0, 0.1) is 0 Å². The van der Waals surface area contributed by atoms with Gasteiger partial charge in [-0.3, -0.25) is 4.79 Å². The Balaban J connectivity index is 1.93. The molecule has 0 aliphatic carbocycles. The molecule has 2 atom stereocenters. The van der Waals surface area contributed by atoms with E-state index < -0.39 is 12.1 Å². The van der Waals surface area contributed by atoms with Crippen LogP contribution in [0.25, 0.3) is 0 Å². The number of carboxylic acid groups (broad SMARTS) is 1. The van der Waals surface area contributed by atoms with E-state index in [-0.39, 0.29) is 25.0 Å². The number of carbonyl (C=O) groups excluding carboxylic acids is 1. The first kappa shape index (κ1) is 17.1. The summed E-state index contributed by atoms with van der Waals surface area (Å²) in [5, 5.41) is 9.96. The number of nitrogens with zero attached hydrogens (tertiary/aromatic N) is 1. The zero-order valence-corrected chi connectivity index (χ0v) is 13.6. The third-order valence-corrected chi connectivity index (χ3v) is 4.24. The largest absolute Gasteiger partial charge is 0.479 e. The maximum absolute atomic E-state index is 12.3. The summed E-state index contributed by atoms with van der Waals surface area (Å²) in [5.41, 5.74) is 0.916. The van der Waals surface area contributed by atoms with Crippen LogP contribution >= 0.6 is 23.2 Å². The van der Waals surface area contributed by atoms with Crippen LogP contribution in [-0.4, -0.2) is 47.2 Å². The second-order valence-electron chi connectivity index (χ2n) is 5.32. The fourth-order valence-corrected chi connectivity index (χ4v) is 2.72. The number of rotatable bonds is 4. The summed E-state index contributed by atoms with van der Waals surface area (Å²) in [6.45, 7) is 2.25. The molecule has 0 bridgehead atoms. The molecule has 22 heavy (non-hydrogen) atoms. The minimum atomic E-state index is -1.05. The van der Waals surface area contributed by atoms with Crippen molar-refractivity contribution in [1.82, 2.24) is 4.90 Å². The van der Waals surface area contributed by atoms with Crippen molar-refractivity contribution < 1.29 is 19.4 Å². The van der Waals surface area contributed by atoms with Crippen LogP contribution in [0.4, 0.5) is 0 Å². The van der Waals surface area contributed by atoms with Crippen molar-refractivity contribution in [2.24, 2.45) is 0 Å². The molecule has 1 saturated heterocycles. The molecule has 1 fully saturated rings. The molecule has 120 valence electrons. The van der Waals surface area contributed by atoms with Crippen molar-refractivity contribution in [1.29, 1.82) is 0 Å². The van der Waals surface area contributed by atoms with Gasteiger partial charge in [0.2, 0.25) is 5.91 Å². The number of carboxylic acids is 1. The predicted octanol–water partition coefficient (Wildman–Crippen LogP) is 2.63. The molecule has 0 saturated carbocycles. The maximum Gasteiger partial charge on any atom is 0.334 e. The second kappa shape index (κ2) is 7.31. The Bertz CT molecular complexity index is 579. The quantitative estimate of drug-likeness (QED) is 0.910. The van der Waals surface area contributed by atoms with Crippen molar-refractivity contribution in [2.45, 2.75) is 32.0 Å². The van der Waals surface area contributed by atoms with Crippen LogP contribution in [-0.2, 0) is 20.7 Å². The molecule has 1 aromatic carbocycles. The Morgan fingerprint density at radius 3 is 2.68 bits per heavy atom. The van der Waals surface area contributed by atoms with Gasteiger partial charge in [-0.2, -0.15) is 0 Å². The molecule has 1 N–H and O–H groups in total. The first-order valence-electron chi connectivity index (χ1n) is 6.96. The molecule has 5 nitrogen and oxygen atoms in total. The summed E-state index contributed by atoms with van der Waals surface area (Å²) in [6, 6.07) is 5.25. The smallest absolute Gasteiger partial charge is 0.334 e. The van der Waals surface area contributed by atoms with Crippen molar-refractivity contribution >= 4 is 35.1 Å². The number of halogens is 2. The van der Waals surface area contributed by atoms with E-state index in [9.17, 15) is 9.59 Å². The highest BCUT2D eigenvalue weighted by atomic mass is 35.5. The Hall–Kier alpha value is -1.30. The van der Waals surface area contributed by atoms with Crippen LogP contribution in [0.5, 0.6) is 0 Å². The molecule has 0 aromatic heterocycles. The monoisotopic (exact) mass is 345 g/mol. The Labute approximate surface area is 138 Å². The minimum absolute atomic E-state index is 0.0832. The van der Waals surface area contributed by atoms with E-state index in [2.05, 4.69) is 0 Å². The Morgan fingerprint density at radius 1 is 1.32 bits per heavy atom. The topological polar surface area (TPSA) is 66.8 Å². The van der Waals surface area contributed by atoms with E-state index >= 15 is 0 Å². The summed E-state index contributed by atoms with van der Waals surface area (Å²) in [6.07, 6.45) is -0.433. The van der Waals surface area contributed by atoms with E-state index in [0.29, 0.717) is 23.0 Å². The molecule has 1 heterocycles. The summed E-state index contributed by atoms with van der Waals surface area (Å²) < 4.78 is 5.29. The fraction of sp³-hybridized carbons (Fsp3) is 0.467. The summed E-state index contributed by atoms with van der Waals surface area (Å²) >= 11 is 11.8. The average molecular weight is 346 g/mol. The number of amides is 1.